The summed E-state index contributed by atoms with van der Waals surface area (Å²) in [4.78, 5) is 10.9. The third-order valence-corrected chi connectivity index (χ3v) is 2.07. The number of benzene rings is 1. The summed E-state index contributed by atoms with van der Waals surface area (Å²) in [6, 6.07) is 2.59. The minimum absolute atomic E-state index is 0.258. The molecule has 1 aromatic rings. The van der Waals surface area contributed by atoms with E-state index in [0.29, 0.717) is 24.3 Å². The fourth-order valence-corrected chi connectivity index (χ4v) is 1.45. The second-order valence-electron chi connectivity index (χ2n) is 2.87. The molecule has 13 heavy (non-hydrogen) atoms. The first-order chi connectivity index (χ1) is 6.20. The average Bonchev–Trinajstić information content (AvgIpc) is 2.53. The average molecular weight is 181 g/mol. The number of amides is 1. The first-order valence-electron chi connectivity index (χ1n) is 3.94. The molecule has 0 atom stereocenters. The summed E-state index contributed by atoms with van der Waals surface area (Å²) in [6.07, 6.45) is 0.502. The number of hydrogen-bond acceptors (Lipinski definition) is 2. The predicted octanol–water partition coefficient (Wildman–Crippen LogP) is 0.860. The van der Waals surface area contributed by atoms with E-state index in [1.54, 1.807) is 0 Å². The Bertz CT molecular complexity index is 376. The number of ether oxygens (including phenoxy) is 1. The second kappa shape index (κ2) is 2.73. The molecule has 1 aliphatic heterocycles. The third kappa shape index (κ3) is 1.14. The first-order valence-corrected chi connectivity index (χ1v) is 3.94. The van der Waals surface area contributed by atoms with Crippen molar-refractivity contribution < 1.29 is 13.9 Å². The van der Waals surface area contributed by atoms with Crippen LogP contribution < -0.4 is 10.5 Å². The molecule has 1 amide bonds. The monoisotopic (exact) mass is 181 g/mol. The van der Waals surface area contributed by atoms with Crippen molar-refractivity contribution in [1.29, 1.82) is 0 Å². The van der Waals surface area contributed by atoms with Crippen LogP contribution in [0.5, 0.6) is 5.75 Å². The van der Waals surface area contributed by atoms with E-state index in [4.69, 9.17) is 10.5 Å². The first kappa shape index (κ1) is 8.04. The number of rotatable bonds is 1. The maximum absolute atomic E-state index is 13.1. The Labute approximate surface area is 74.3 Å². The molecule has 0 radical (unpaired) electrons. The molecule has 4 heteroatoms. The van der Waals surface area contributed by atoms with E-state index < -0.39 is 5.91 Å². The molecule has 0 spiro atoms. The highest BCUT2D eigenvalue weighted by Crippen LogP contribution is 2.31. The fraction of sp³-hybridized carbons (Fsp3) is 0.222. The summed E-state index contributed by atoms with van der Waals surface area (Å²) in [7, 11) is 0. The summed E-state index contributed by atoms with van der Waals surface area (Å²) in [5.41, 5.74) is 5.81. The number of primary amides is 1. The van der Waals surface area contributed by atoms with Crippen molar-refractivity contribution in [3.05, 3.63) is 29.1 Å². The molecule has 0 bridgehead atoms. The number of hydrogen-bond donors (Lipinski definition) is 1. The highest BCUT2D eigenvalue weighted by atomic mass is 19.1. The van der Waals surface area contributed by atoms with Gasteiger partial charge in [-0.1, -0.05) is 0 Å². The van der Waals surface area contributed by atoms with Gasteiger partial charge in [0.1, 0.15) is 11.6 Å². The largest absolute Gasteiger partial charge is 0.492 e. The van der Waals surface area contributed by atoms with Gasteiger partial charge in [-0.25, -0.2) is 4.39 Å². The van der Waals surface area contributed by atoms with E-state index in [0.717, 1.165) is 0 Å². The standard InChI is InChI=1S/C9H8FNO2/c10-7-2-1-6(9(11)12)8-5(7)3-4-13-8/h1-2H,3-4H2,(H2,11,12). The van der Waals surface area contributed by atoms with Gasteiger partial charge in [0.15, 0.2) is 0 Å². The van der Waals surface area contributed by atoms with Crippen molar-refractivity contribution in [3.63, 3.8) is 0 Å². The van der Waals surface area contributed by atoms with Gasteiger partial charge < -0.3 is 10.5 Å². The summed E-state index contributed by atoms with van der Waals surface area (Å²) in [5, 5.41) is 0. The zero-order chi connectivity index (χ0) is 9.42. The van der Waals surface area contributed by atoms with Crippen molar-refractivity contribution in [2.24, 2.45) is 5.73 Å². The molecule has 0 aromatic heterocycles. The van der Waals surface area contributed by atoms with Gasteiger partial charge in [-0.2, -0.15) is 0 Å². The van der Waals surface area contributed by atoms with E-state index in [1.807, 2.05) is 0 Å². The third-order valence-electron chi connectivity index (χ3n) is 2.07. The maximum atomic E-state index is 13.1. The van der Waals surface area contributed by atoms with Crippen LogP contribution in [-0.2, 0) is 6.42 Å². The summed E-state index contributed by atoms with van der Waals surface area (Å²) in [5.74, 6) is -0.608. The van der Waals surface area contributed by atoms with Crippen molar-refractivity contribution in [1.82, 2.24) is 0 Å². The Kier molecular flexibility index (Phi) is 1.69. The number of nitrogens with two attached hydrogens (primary N) is 1. The molecule has 1 heterocycles. The predicted molar refractivity (Wildman–Crippen MR) is 44.1 cm³/mol. The van der Waals surface area contributed by atoms with Gasteiger partial charge in [-0.3, -0.25) is 4.79 Å². The van der Waals surface area contributed by atoms with Crippen molar-refractivity contribution in [2.75, 3.05) is 6.61 Å². The summed E-state index contributed by atoms with van der Waals surface area (Å²) in [6.45, 7) is 0.413. The number of fused-ring (bicyclic) bond motifs is 1. The molecular weight excluding hydrogens is 173 g/mol. The van der Waals surface area contributed by atoms with E-state index in [2.05, 4.69) is 0 Å². The highest BCUT2D eigenvalue weighted by molar-refractivity contribution is 5.96. The van der Waals surface area contributed by atoms with Crippen molar-refractivity contribution in [2.45, 2.75) is 6.42 Å². The zero-order valence-electron chi connectivity index (χ0n) is 6.84. The van der Waals surface area contributed by atoms with Gasteiger partial charge in [0.05, 0.1) is 12.2 Å². The van der Waals surface area contributed by atoms with E-state index in [9.17, 15) is 9.18 Å². The molecule has 3 nitrogen and oxygen atoms in total. The van der Waals surface area contributed by atoms with Gasteiger partial charge in [0, 0.05) is 12.0 Å². The molecule has 0 saturated carbocycles. The number of carbonyl (C=O) groups is 1. The number of halogens is 1. The van der Waals surface area contributed by atoms with Crippen LogP contribution in [0.25, 0.3) is 0 Å². The Morgan fingerprint density at radius 3 is 3.00 bits per heavy atom. The quantitative estimate of drug-likeness (QED) is 0.698. The van der Waals surface area contributed by atoms with E-state index in [-0.39, 0.29) is 11.4 Å². The molecule has 0 saturated heterocycles. The normalized spacial score (nSPS) is 13.6. The van der Waals surface area contributed by atoms with Gasteiger partial charge in [0.25, 0.3) is 5.91 Å². The van der Waals surface area contributed by atoms with E-state index in [1.165, 1.54) is 12.1 Å². The molecule has 2 N–H and O–H groups in total. The fourth-order valence-electron chi connectivity index (χ4n) is 1.45. The topological polar surface area (TPSA) is 52.3 Å². The minimum Gasteiger partial charge on any atom is -0.492 e. The molecule has 2 rings (SSSR count). The molecule has 1 aromatic carbocycles. The van der Waals surface area contributed by atoms with Crippen LogP contribution in [0.1, 0.15) is 15.9 Å². The van der Waals surface area contributed by atoms with Crippen molar-refractivity contribution in [3.8, 4) is 5.75 Å². The molecule has 0 unspecified atom stereocenters. The van der Waals surface area contributed by atoms with Gasteiger partial charge >= 0.3 is 0 Å². The Hall–Kier alpha value is -1.58. The Balaban J connectivity index is 2.62. The summed E-state index contributed by atoms with van der Waals surface area (Å²) < 4.78 is 18.2. The van der Waals surface area contributed by atoms with Gasteiger partial charge in [0.2, 0.25) is 0 Å². The molecule has 1 aliphatic rings. The van der Waals surface area contributed by atoms with Crippen LogP contribution >= 0.6 is 0 Å². The van der Waals surface area contributed by atoms with Crippen LogP contribution in [0.15, 0.2) is 12.1 Å². The van der Waals surface area contributed by atoms with Crippen LogP contribution in [0.3, 0.4) is 0 Å². The lowest BCUT2D eigenvalue weighted by molar-refractivity contribution is 0.0997. The molecule has 0 aliphatic carbocycles. The molecular formula is C9H8FNO2. The lowest BCUT2D eigenvalue weighted by atomic mass is 10.1. The van der Waals surface area contributed by atoms with Crippen molar-refractivity contribution >= 4 is 5.91 Å². The van der Waals surface area contributed by atoms with Gasteiger partial charge in [-0.15, -0.1) is 0 Å². The minimum atomic E-state index is -0.585. The highest BCUT2D eigenvalue weighted by Gasteiger charge is 2.22. The Morgan fingerprint density at radius 1 is 1.54 bits per heavy atom. The SMILES string of the molecule is NC(=O)c1ccc(F)c2c1OCC2. The molecule has 68 valence electrons. The van der Waals surface area contributed by atoms with E-state index >= 15 is 0 Å². The lowest BCUT2D eigenvalue weighted by Crippen LogP contribution is -2.12. The maximum Gasteiger partial charge on any atom is 0.252 e. The van der Waals surface area contributed by atoms with Gasteiger partial charge in [-0.05, 0) is 12.1 Å². The second-order valence-corrected chi connectivity index (χ2v) is 2.87. The Morgan fingerprint density at radius 2 is 2.31 bits per heavy atom. The van der Waals surface area contributed by atoms with Crippen LogP contribution in [0.2, 0.25) is 0 Å². The van der Waals surface area contributed by atoms with Crippen LogP contribution in [0.4, 0.5) is 4.39 Å². The smallest absolute Gasteiger partial charge is 0.252 e. The molecule has 0 fully saturated rings. The number of carbonyl (C=O) groups excluding carboxylic acids is 1. The lowest BCUT2D eigenvalue weighted by Gasteiger charge is -2.04. The van der Waals surface area contributed by atoms with Crippen LogP contribution in [-0.4, -0.2) is 12.5 Å². The zero-order valence-corrected chi connectivity index (χ0v) is 6.84. The van der Waals surface area contributed by atoms with Crippen LogP contribution in [0, 0.1) is 5.82 Å². The summed E-state index contributed by atoms with van der Waals surface area (Å²) >= 11 is 0.